The minimum Gasteiger partial charge on any atom is -0.430 e. The van der Waals surface area contributed by atoms with Crippen molar-refractivity contribution in [1.82, 2.24) is 10.2 Å². The monoisotopic (exact) mass is 314 g/mol. The van der Waals surface area contributed by atoms with E-state index in [4.69, 9.17) is 9.47 Å². The maximum Gasteiger partial charge on any atom is 0.305 e. The molecule has 1 unspecified atom stereocenters. The number of benzene rings is 1. The lowest BCUT2D eigenvalue weighted by molar-refractivity contribution is -0.197. The largest absolute Gasteiger partial charge is 0.430 e. The molecule has 1 saturated heterocycles. The van der Waals surface area contributed by atoms with Gasteiger partial charge in [0.25, 0.3) is 0 Å². The van der Waals surface area contributed by atoms with Gasteiger partial charge < -0.3 is 9.47 Å². The first-order valence-electron chi connectivity index (χ1n) is 6.91. The molecule has 1 aliphatic rings. The third-order valence-electron chi connectivity index (χ3n) is 3.42. The fraction of sp³-hybridized carbons (Fsp3) is 0.533. The average Bonchev–Trinajstić information content (AvgIpc) is 2.47. The molecule has 1 fully saturated rings. The lowest BCUT2D eigenvalue weighted by atomic mass is 10.2. The molecule has 0 radical (unpaired) electrons. The first-order valence-corrected chi connectivity index (χ1v) is 6.91. The summed E-state index contributed by atoms with van der Waals surface area (Å²) in [6.45, 7) is 6.76. The van der Waals surface area contributed by atoms with Gasteiger partial charge in [0.05, 0.1) is 13.2 Å². The number of esters is 1. The Balaban J connectivity index is 0.00000220. The molecule has 0 saturated carbocycles. The number of ether oxygens (including phenoxy) is 2. The Morgan fingerprint density at radius 1 is 1.33 bits per heavy atom. The summed E-state index contributed by atoms with van der Waals surface area (Å²) in [6, 6.07) is 10.1. The number of morpholine rings is 1. The molecule has 0 bridgehead atoms. The molecule has 118 valence electrons. The van der Waals surface area contributed by atoms with Gasteiger partial charge in [-0.05, 0) is 5.56 Å². The van der Waals surface area contributed by atoms with Gasteiger partial charge in [-0.2, -0.15) is 0 Å². The highest BCUT2D eigenvalue weighted by Crippen LogP contribution is 2.17. The average molecular weight is 315 g/mol. The highest BCUT2D eigenvalue weighted by molar-refractivity contribution is 5.85. The fourth-order valence-corrected chi connectivity index (χ4v) is 2.34. The molecule has 1 aromatic carbocycles. The Morgan fingerprint density at radius 3 is 2.52 bits per heavy atom. The summed E-state index contributed by atoms with van der Waals surface area (Å²) >= 11 is 0. The van der Waals surface area contributed by atoms with Crippen molar-refractivity contribution in [1.29, 1.82) is 0 Å². The van der Waals surface area contributed by atoms with Crippen LogP contribution in [0.5, 0.6) is 0 Å². The van der Waals surface area contributed by atoms with Crippen LogP contribution >= 0.6 is 12.4 Å². The predicted molar refractivity (Wildman–Crippen MR) is 83.1 cm³/mol. The molecule has 0 aliphatic carbocycles. The Labute approximate surface area is 132 Å². The molecule has 1 N–H and O–H groups in total. The van der Waals surface area contributed by atoms with Gasteiger partial charge in [-0.25, -0.2) is 4.90 Å². The van der Waals surface area contributed by atoms with Crippen LogP contribution < -0.4 is 5.32 Å². The molecule has 5 nitrogen and oxygen atoms in total. The minimum absolute atomic E-state index is 0. The summed E-state index contributed by atoms with van der Waals surface area (Å²) in [6.07, 6.45) is 0. The SMILES string of the molecule is CC(=O)OC(C)(NCc1ccccc1)N1CCOCC1.Cl. The third kappa shape index (κ3) is 5.28. The lowest BCUT2D eigenvalue weighted by Crippen LogP contribution is -2.61. The van der Waals surface area contributed by atoms with Crippen molar-refractivity contribution >= 4 is 18.4 Å². The van der Waals surface area contributed by atoms with Crippen LogP contribution in [0.4, 0.5) is 0 Å². The van der Waals surface area contributed by atoms with Gasteiger partial charge in [-0.15, -0.1) is 12.4 Å². The zero-order chi connectivity index (χ0) is 14.4. The first kappa shape index (κ1) is 17.9. The van der Waals surface area contributed by atoms with Gasteiger partial charge >= 0.3 is 5.97 Å². The van der Waals surface area contributed by atoms with E-state index in [0.717, 1.165) is 18.7 Å². The number of hydrogen-bond donors (Lipinski definition) is 1. The van der Waals surface area contributed by atoms with Crippen LogP contribution in [0.2, 0.25) is 0 Å². The smallest absolute Gasteiger partial charge is 0.305 e. The Bertz CT molecular complexity index is 438. The third-order valence-corrected chi connectivity index (χ3v) is 3.42. The zero-order valence-electron chi connectivity index (χ0n) is 12.5. The normalized spacial score (nSPS) is 18.4. The molecule has 0 aromatic heterocycles. The molecule has 1 heterocycles. The molecule has 6 heteroatoms. The van der Waals surface area contributed by atoms with Crippen molar-refractivity contribution < 1.29 is 14.3 Å². The van der Waals surface area contributed by atoms with E-state index in [1.165, 1.54) is 6.92 Å². The van der Waals surface area contributed by atoms with Crippen molar-refractivity contribution in [2.75, 3.05) is 26.3 Å². The van der Waals surface area contributed by atoms with Crippen molar-refractivity contribution in [2.24, 2.45) is 0 Å². The molecule has 0 spiro atoms. The standard InChI is InChI=1S/C15H22N2O3.ClH/c1-13(18)20-15(2,17-8-10-19-11-9-17)16-12-14-6-4-3-5-7-14;/h3-7,16H,8-12H2,1-2H3;1H. The first-order chi connectivity index (χ1) is 9.60. The van der Waals surface area contributed by atoms with E-state index in [9.17, 15) is 4.79 Å². The molecular formula is C15H23ClN2O3. The summed E-state index contributed by atoms with van der Waals surface area (Å²) in [5.41, 5.74) is 1.15. The molecule has 1 atom stereocenters. The summed E-state index contributed by atoms with van der Waals surface area (Å²) in [5, 5.41) is 3.34. The summed E-state index contributed by atoms with van der Waals surface area (Å²) in [4.78, 5) is 13.5. The van der Waals surface area contributed by atoms with Gasteiger partial charge in [-0.1, -0.05) is 30.3 Å². The van der Waals surface area contributed by atoms with Crippen molar-refractivity contribution in [3.05, 3.63) is 35.9 Å². The van der Waals surface area contributed by atoms with Crippen LogP contribution in [0.1, 0.15) is 19.4 Å². The highest BCUT2D eigenvalue weighted by Gasteiger charge is 2.35. The van der Waals surface area contributed by atoms with E-state index in [0.29, 0.717) is 19.8 Å². The Hall–Kier alpha value is -1.14. The summed E-state index contributed by atoms with van der Waals surface area (Å²) in [7, 11) is 0. The summed E-state index contributed by atoms with van der Waals surface area (Å²) < 4.78 is 10.9. The zero-order valence-corrected chi connectivity index (χ0v) is 13.3. The topological polar surface area (TPSA) is 50.8 Å². The van der Waals surface area contributed by atoms with Crippen LogP contribution in [0, 0.1) is 0 Å². The number of hydrogen-bond acceptors (Lipinski definition) is 5. The maximum atomic E-state index is 11.4. The van der Waals surface area contributed by atoms with Gasteiger partial charge in [0, 0.05) is 33.5 Å². The molecule has 1 aliphatic heterocycles. The van der Waals surface area contributed by atoms with Gasteiger partial charge in [0.2, 0.25) is 5.85 Å². The van der Waals surface area contributed by atoms with E-state index >= 15 is 0 Å². The minimum atomic E-state index is -0.800. The fourth-order valence-electron chi connectivity index (χ4n) is 2.34. The van der Waals surface area contributed by atoms with E-state index in [-0.39, 0.29) is 18.4 Å². The number of nitrogens with zero attached hydrogens (tertiary/aromatic N) is 1. The predicted octanol–water partition coefficient (Wildman–Crippen LogP) is 1.77. The van der Waals surface area contributed by atoms with E-state index in [1.807, 2.05) is 37.3 Å². The highest BCUT2D eigenvalue weighted by atomic mass is 35.5. The molecular weight excluding hydrogens is 292 g/mol. The van der Waals surface area contributed by atoms with Gasteiger partial charge in [-0.3, -0.25) is 10.1 Å². The van der Waals surface area contributed by atoms with E-state index in [1.54, 1.807) is 0 Å². The quantitative estimate of drug-likeness (QED) is 0.663. The van der Waals surface area contributed by atoms with Gasteiger partial charge in [0.15, 0.2) is 0 Å². The number of carbonyl (C=O) groups excluding carboxylic acids is 1. The van der Waals surface area contributed by atoms with Gasteiger partial charge in [0.1, 0.15) is 0 Å². The summed E-state index contributed by atoms with van der Waals surface area (Å²) in [5.74, 6) is -1.09. The number of carbonyl (C=O) groups is 1. The molecule has 2 rings (SSSR count). The number of rotatable bonds is 5. The van der Waals surface area contributed by atoms with Crippen LogP contribution in [0.3, 0.4) is 0 Å². The molecule has 21 heavy (non-hydrogen) atoms. The molecule has 1 aromatic rings. The van der Waals surface area contributed by atoms with Crippen LogP contribution in [0.15, 0.2) is 30.3 Å². The Morgan fingerprint density at radius 2 is 1.95 bits per heavy atom. The van der Waals surface area contributed by atoms with Crippen molar-refractivity contribution in [3.63, 3.8) is 0 Å². The van der Waals surface area contributed by atoms with E-state index < -0.39 is 5.85 Å². The number of halogens is 1. The molecule has 0 amide bonds. The van der Waals surface area contributed by atoms with Crippen LogP contribution in [0.25, 0.3) is 0 Å². The van der Waals surface area contributed by atoms with E-state index in [2.05, 4.69) is 10.2 Å². The van der Waals surface area contributed by atoms with Crippen LogP contribution in [-0.4, -0.2) is 43.0 Å². The second kappa shape index (κ2) is 8.34. The maximum absolute atomic E-state index is 11.4. The van der Waals surface area contributed by atoms with Crippen molar-refractivity contribution in [3.8, 4) is 0 Å². The number of nitrogens with one attached hydrogen (secondary N) is 1. The van der Waals surface area contributed by atoms with Crippen LogP contribution in [-0.2, 0) is 20.8 Å². The second-order valence-electron chi connectivity index (χ2n) is 5.02. The lowest BCUT2D eigenvalue weighted by Gasteiger charge is -2.42. The Kier molecular flexibility index (Phi) is 7.11. The van der Waals surface area contributed by atoms with Crippen molar-refractivity contribution in [2.45, 2.75) is 26.2 Å². The second-order valence-corrected chi connectivity index (χ2v) is 5.02.